The van der Waals surface area contributed by atoms with Crippen LogP contribution in [0.1, 0.15) is 39.8 Å². The number of hydrogen-bond donors (Lipinski definition) is 3. The van der Waals surface area contributed by atoms with Crippen LogP contribution in [0.3, 0.4) is 0 Å². The fraction of sp³-hybridized carbons (Fsp3) is 0.190. The number of aromatic nitrogens is 2. The molecule has 4 rings (SSSR count). The third-order valence-electron chi connectivity index (χ3n) is 4.93. The van der Waals surface area contributed by atoms with Gasteiger partial charge in [0.25, 0.3) is 17.4 Å². The van der Waals surface area contributed by atoms with Crippen LogP contribution >= 0.6 is 0 Å². The molecule has 0 fully saturated rings. The summed E-state index contributed by atoms with van der Waals surface area (Å²) in [5.74, 6) is -1.19. The molecule has 0 saturated carbocycles. The van der Waals surface area contributed by atoms with E-state index in [1.165, 1.54) is 4.68 Å². The van der Waals surface area contributed by atoms with Crippen LogP contribution in [0.4, 0.5) is 5.69 Å². The van der Waals surface area contributed by atoms with Crippen molar-refractivity contribution in [2.45, 2.75) is 26.3 Å². The molecule has 3 N–H and O–H groups in total. The normalized spacial score (nSPS) is 12.8. The Bertz CT molecular complexity index is 1250. The number of nitrogens with one attached hydrogen (secondary N) is 3. The Balaban J connectivity index is 1.54. The lowest BCUT2D eigenvalue weighted by atomic mass is 10.0. The van der Waals surface area contributed by atoms with Gasteiger partial charge in [-0.3, -0.25) is 30.0 Å². The maximum atomic E-state index is 12.7. The van der Waals surface area contributed by atoms with Crippen LogP contribution < -0.4 is 21.7 Å². The molecule has 0 bridgehead atoms. The third kappa shape index (κ3) is 3.52. The SMILES string of the molecule is CCn1nc(C(=O)NNC(=O)c2ccc3c(c2)CCC(=O)N3)c2ccccc2c1=O. The zero-order chi connectivity index (χ0) is 21.3. The van der Waals surface area contributed by atoms with Crippen LogP contribution in [0.5, 0.6) is 0 Å². The molecule has 0 radical (unpaired) electrons. The molecule has 3 aromatic rings. The first kappa shape index (κ1) is 19.3. The van der Waals surface area contributed by atoms with Crippen molar-refractivity contribution >= 4 is 34.2 Å². The molecule has 9 nitrogen and oxygen atoms in total. The van der Waals surface area contributed by atoms with Crippen LogP contribution in [0.25, 0.3) is 10.8 Å². The quantitative estimate of drug-likeness (QED) is 0.568. The van der Waals surface area contributed by atoms with Gasteiger partial charge in [-0.25, -0.2) is 4.68 Å². The lowest BCUT2D eigenvalue weighted by Crippen LogP contribution is -2.42. The predicted octanol–water partition coefficient (Wildman–Crippen LogP) is 1.38. The number of benzene rings is 2. The summed E-state index contributed by atoms with van der Waals surface area (Å²) in [6, 6.07) is 11.6. The lowest BCUT2D eigenvalue weighted by molar-refractivity contribution is -0.116. The number of fused-ring (bicyclic) bond motifs is 2. The van der Waals surface area contributed by atoms with Crippen molar-refractivity contribution in [3.8, 4) is 0 Å². The Hall–Kier alpha value is -4.01. The van der Waals surface area contributed by atoms with E-state index >= 15 is 0 Å². The van der Waals surface area contributed by atoms with Crippen molar-refractivity contribution in [3.05, 3.63) is 69.6 Å². The fourth-order valence-electron chi connectivity index (χ4n) is 3.39. The van der Waals surface area contributed by atoms with E-state index in [9.17, 15) is 19.2 Å². The zero-order valence-corrected chi connectivity index (χ0v) is 16.2. The van der Waals surface area contributed by atoms with Gasteiger partial charge in [-0.05, 0) is 43.2 Å². The number of rotatable bonds is 3. The van der Waals surface area contributed by atoms with Gasteiger partial charge in [-0.1, -0.05) is 18.2 Å². The monoisotopic (exact) mass is 405 g/mol. The summed E-state index contributed by atoms with van der Waals surface area (Å²) < 4.78 is 1.21. The second kappa shape index (κ2) is 7.78. The van der Waals surface area contributed by atoms with E-state index in [1.54, 1.807) is 49.4 Å². The van der Waals surface area contributed by atoms with Crippen molar-refractivity contribution in [2.24, 2.45) is 0 Å². The van der Waals surface area contributed by atoms with Crippen molar-refractivity contribution in [3.63, 3.8) is 0 Å². The number of carbonyl (C=O) groups is 3. The largest absolute Gasteiger partial charge is 0.326 e. The molecule has 0 atom stereocenters. The maximum absolute atomic E-state index is 12.7. The summed E-state index contributed by atoms with van der Waals surface area (Å²) in [5, 5.41) is 7.67. The topological polar surface area (TPSA) is 122 Å². The van der Waals surface area contributed by atoms with E-state index < -0.39 is 11.8 Å². The van der Waals surface area contributed by atoms with Crippen molar-refractivity contribution in [1.29, 1.82) is 0 Å². The Morgan fingerprint density at radius 1 is 1.03 bits per heavy atom. The lowest BCUT2D eigenvalue weighted by Gasteiger charge is -2.17. The number of hydrogen-bond acceptors (Lipinski definition) is 5. The molecular formula is C21H19N5O4. The molecule has 2 heterocycles. The van der Waals surface area contributed by atoms with Gasteiger partial charge in [0, 0.05) is 29.6 Å². The molecule has 9 heteroatoms. The zero-order valence-electron chi connectivity index (χ0n) is 16.2. The molecule has 3 amide bonds. The summed E-state index contributed by atoms with van der Waals surface area (Å²) in [4.78, 5) is 49.0. The Morgan fingerprint density at radius 3 is 2.53 bits per heavy atom. The number of nitrogens with zero attached hydrogens (tertiary/aromatic N) is 2. The smallest absolute Gasteiger partial charge is 0.290 e. The molecule has 0 saturated heterocycles. The fourth-order valence-corrected chi connectivity index (χ4v) is 3.39. The van der Waals surface area contributed by atoms with E-state index in [4.69, 9.17) is 0 Å². The summed E-state index contributed by atoms with van der Waals surface area (Å²) in [5.41, 5.74) is 6.39. The van der Waals surface area contributed by atoms with E-state index in [1.807, 2.05) is 0 Å². The molecule has 2 aromatic carbocycles. The van der Waals surface area contributed by atoms with Gasteiger partial charge in [-0.2, -0.15) is 5.10 Å². The number of anilines is 1. The first-order chi connectivity index (χ1) is 14.5. The van der Waals surface area contributed by atoms with Gasteiger partial charge in [0.05, 0.1) is 5.39 Å². The van der Waals surface area contributed by atoms with Crippen LogP contribution in [0.15, 0.2) is 47.3 Å². The highest BCUT2D eigenvalue weighted by Crippen LogP contribution is 2.23. The Kier molecular flexibility index (Phi) is 5.01. The first-order valence-corrected chi connectivity index (χ1v) is 9.51. The van der Waals surface area contributed by atoms with Crippen molar-refractivity contribution < 1.29 is 14.4 Å². The average molecular weight is 405 g/mol. The summed E-state index contributed by atoms with van der Waals surface area (Å²) in [6.45, 7) is 2.06. The van der Waals surface area contributed by atoms with Gasteiger partial charge < -0.3 is 5.32 Å². The Morgan fingerprint density at radius 2 is 1.77 bits per heavy atom. The number of aryl methyl sites for hydroxylation is 2. The minimum absolute atomic E-state index is 0.0421. The van der Waals surface area contributed by atoms with Gasteiger partial charge in [0.1, 0.15) is 0 Å². The minimum Gasteiger partial charge on any atom is -0.326 e. The highest BCUT2D eigenvalue weighted by Gasteiger charge is 2.19. The number of amides is 3. The van der Waals surface area contributed by atoms with Crippen molar-refractivity contribution in [2.75, 3.05) is 5.32 Å². The van der Waals surface area contributed by atoms with Gasteiger partial charge in [0.2, 0.25) is 5.91 Å². The second-order valence-electron chi connectivity index (χ2n) is 6.84. The third-order valence-corrected chi connectivity index (χ3v) is 4.93. The highest BCUT2D eigenvalue weighted by atomic mass is 16.2. The Labute approximate surface area is 171 Å². The standard InChI is InChI=1S/C21H19N5O4/c1-2-26-21(30)15-6-4-3-5-14(15)18(25-26)20(29)24-23-19(28)13-7-9-16-12(11-13)8-10-17(27)22-16/h3-7,9,11H,2,8,10H2,1H3,(H,22,27)(H,23,28)(H,24,29). The van der Waals surface area contributed by atoms with Crippen LogP contribution in [-0.4, -0.2) is 27.5 Å². The molecule has 1 aliphatic heterocycles. The van der Waals surface area contributed by atoms with E-state index in [2.05, 4.69) is 21.3 Å². The minimum atomic E-state index is -0.632. The maximum Gasteiger partial charge on any atom is 0.290 e. The van der Waals surface area contributed by atoms with Crippen molar-refractivity contribution in [1.82, 2.24) is 20.6 Å². The molecule has 30 heavy (non-hydrogen) atoms. The first-order valence-electron chi connectivity index (χ1n) is 9.51. The molecule has 1 aromatic heterocycles. The van der Waals surface area contributed by atoms with Gasteiger partial charge in [0.15, 0.2) is 5.69 Å². The summed E-state index contributed by atoms with van der Waals surface area (Å²) in [7, 11) is 0. The summed E-state index contributed by atoms with van der Waals surface area (Å²) in [6.07, 6.45) is 0.907. The summed E-state index contributed by atoms with van der Waals surface area (Å²) >= 11 is 0. The molecule has 0 aliphatic carbocycles. The molecule has 1 aliphatic rings. The highest BCUT2D eigenvalue weighted by molar-refractivity contribution is 6.06. The van der Waals surface area contributed by atoms with E-state index in [-0.39, 0.29) is 17.2 Å². The van der Waals surface area contributed by atoms with Crippen LogP contribution in [0.2, 0.25) is 0 Å². The number of hydrazine groups is 1. The molecule has 152 valence electrons. The molecular weight excluding hydrogens is 386 g/mol. The second-order valence-corrected chi connectivity index (χ2v) is 6.84. The molecule has 0 unspecified atom stereocenters. The van der Waals surface area contributed by atoms with Gasteiger partial charge >= 0.3 is 0 Å². The van der Waals surface area contributed by atoms with Crippen LogP contribution in [0, 0.1) is 0 Å². The average Bonchev–Trinajstić information content (AvgIpc) is 2.77. The van der Waals surface area contributed by atoms with Gasteiger partial charge in [-0.15, -0.1) is 0 Å². The number of carbonyl (C=O) groups excluding carboxylic acids is 3. The van der Waals surface area contributed by atoms with Crippen LogP contribution in [-0.2, 0) is 17.8 Å². The predicted molar refractivity (Wildman–Crippen MR) is 110 cm³/mol. The molecule has 0 spiro atoms. The van der Waals surface area contributed by atoms with E-state index in [0.29, 0.717) is 41.4 Å². The van der Waals surface area contributed by atoms with E-state index in [0.717, 1.165) is 5.56 Å².